The summed E-state index contributed by atoms with van der Waals surface area (Å²) in [6, 6.07) is 4.23. The topological polar surface area (TPSA) is 113 Å². The van der Waals surface area contributed by atoms with E-state index in [4.69, 9.17) is 21.9 Å². The van der Waals surface area contributed by atoms with Gasteiger partial charge in [-0.1, -0.05) is 56.2 Å². The van der Waals surface area contributed by atoms with Gasteiger partial charge in [0.1, 0.15) is 21.8 Å². The van der Waals surface area contributed by atoms with Gasteiger partial charge in [-0.3, -0.25) is 28.5 Å². The van der Waals surface area contributed by atoms with E-state index in [0.29, 0.717) is 34.5 Å². The Bertz CT molecular complexity index is 1320. The number of pyridine rings is 1. The molecule has 0 radical (unpaired) electrons. The molecule has 0 aromatic carbocycles. The van der Waals surface area contributed by atoms with Crippen LogP contribution in [0.5, 0.6) is 0 Å². The number of nitrogens with zero attached hydrogens (tertiary/aromatic N) is 4. The molecule has 2 aromatic heterocycles. The third-order valence-corrected chi connectivity index (χ3v) is 7.70. The second kappa shape index (κ2) is 11.9. The molecule has 2 aromatic rings. The van der Waals surface area contributed by atoms with Gasteiger partial charge in [0.05, 0.1) is 24.0 Å². The summed E-state index contributed by atoms with van der Waals surface area (Å²) in [6.45, 7) is 3.28. The van der Waals surface area contributed by atoms with Crippen LogP contribution in [0.15, 0.2) is 34.1 Å². The number of thioether (sulfide) groups is 1. The Kier molecular flexibility index (Phi) is 8.59. The number of methoxy groups -OCH3 is 1. The SMILES string of the molecule is CCCCCCN1C(=O)/C(=C/c2c(N3CCNC(=O)C3CC(=O)OC)nc3ccccn3c2=O)SC1=S. The Hall–Kier alpha value is -3.25. The van der Waals surface area contributed by atoms with E-state index in [2.05, 4.69) is 12.2 Å². The van der Waals surface area contributed by atoms with Crippen molar-refractivity contribution in [1.29, 1.82) is 0 Å². The van der Waals surface area contributed by atoms with Crippen LogP contribution in [-0.4, -0.2) is 69.2 Å². The molecule has 2 fully saturated rings. The molecule has 2 amide bonds. The Morgan fingerprint density at radius 2 is 2.08 bits per heavy atom. The minimum absolute atomic E-state index is 0.153. The number of esters is 1. The summed E-state index contributed by atoms with van der Waals surface area (Å²) >= 11 is 6.61. The van der Waals surface area contributed by atoms with Gasteiger partial charge in [-0.2, -0.15) is 0 Å². The van der Waals surface area contributed by atoms with E-state index >= 15 is 0 Å². The summed E-state index contributed by atoms with van der Waals surface area (Å²) in [5.41, 5.74) is 0.141. The second-order valence-electron chi connectivity index (χ2n) is 8.76. The molecule has 2 saturated heterocycles. The fourth-order valence-corrected chi connectivity index (χ4v) is 5.66. The summed E-state index contributed by atoms with van der Waals surface area (Å²) in [7, 11) is 1.25. The first kappa shape index (κ1) is 26.8. The number of unbranched alkanes of at least 4 members (excludes halogenated alkanes) is 3. The number of anilines is 1. The molecule has 0 aliphatic carbocycles. The van der Waals surface area contributed by atoms with Crippen molar-refractivity contribution in [3.05, 3.63) is 45.2 Å². The van der Waals surface area contributed by atoms with Crippen molar-refractivity contribution >= 4 is 63.6 Å². The number of piperazine rings is 1. The molecule has 4 rings (SSSR count). The maximum absolute atomic E-state index is 13.7. The first-order valence-corrected chi connectivity index (χ1v) is 13.5. The Morgan fingerprint density at radius 1 is 1.27 bits per heavy atom. The van der Waals surface area contributed by atoms with Crippen molar-refractivity contribution in [3.8, 4) is 0 Å². The predicted molar refractivity (Wildman–Crippen MR) is 146 cm³/mol. The molecular weight excluding hydrogens is 514 g/mol. The zero-order chi connectivity index (χ0) is 26.5. The van der Waals surface area contributed by atoms with Crippen LogP contribution in [0.4, 0.5) is 5.82 Å². The number of carbonyl (C=O) groups excluding carboxylic acids is 3. The summed E-state index contributed by atoms with van der Waals surface area (Å²) in [4.78, 5) is 60.0. The molecular formula is C25H29N5O5S2. The molecule has 0 spiro atoms. The van der Waals surface area contributed by atoms with Crippen molar-refractivity contribution in [1.82, 2.24) is 19.6 Å². The van der Waals surface area contributed by atoms with Crippen LogP contribution in [0.2, 0.25) is 0 Å². The Morgan fingerprint density at radius 3 is 2.84 bits per heavy atom. The molecule has 1 atom stereocenters. The minimum Gasteiger partial charge on any atom is -0.469 e. The van der Waals surface area contributed by atoms with Gasteiger partial charge < -0.3 is 15.0 Å². The van der Waals surface area contributed by atoms with Crippen molar-refractivity contribution in [2.75, 3.05) is 31.6 Å². The van der Waals surface area contributed by atoms with Crippen LogP contribution >= 0.6 is 24.0 Å². The number of amides is 2. The van der Waals surface area contributed by atoms with Crippen LogP contribution in [0.1, 0.15) is 44.6 Å². The fourth-order valence-electron chi connectivity index (χ4n) is 4.37. The van der Waals surface area contributed by atoms with Gasteiger partial charge in [-0.15, -0.1) is 0 Å². The van der Waals surface area contributed by atoms with Crippen molar-refractivity contribution in [2.45, 2.75) is 45.1 Å². The van der Waals surface area contributed by atoms with E-state index in [-0.39, 0.29) is 29.6 Å². The largest absolute Gasteiger partial charge is 0.469 e. The molecule has 4 heterocycles. The standard InChI is InChI=1S/C25H29N5O5S2/c1-3-4-5-7-12-30-24(34)18(37-25(30)36)14-16-21(27-19-9-6-8-11-29(19)23(16)33)28-13-10-26-22(32)17(28)15-20(31)35-2/h6,8-9,11,14,17H,3-5,7,10,12-13,15H2,1-2H3,(H,26,32)/b18-14-. The molecule has 196 valence electrons. The lowest BCUT2D eigenvalue weighted by Gasteiger charge is -2.36. The highest BCUT2D eigenvalue weighted by atomic mass is 32.2. The predicted octanol–water partition coefficient (Wildman–Crippen LogP) is 2.34. The van der Waals surface area contributed by atoms with E-state index in [1.165, 1.54) is 17.6 Å². The van der Waals surface area contributed by atoms with Crippen LogP contribution in [0.3, 0.4) is 0 Å². The van der Waals surface area contributed by atoms with Crippen LogP contribution in [-0.2, 0) is 19.1 Å². The van der Waals surface area contributed by atoms with E-state index in [0.717, 1.165) is 37.4 Å². The van der Waals surface area contributed by atoms with Crippen molar-refractivity contribution < 1.29 is 19.1 Å². The van der Waals surface area contributed by atoms with Crippen molar-refractivity contribution in [3.63, 3.8) is 0 Å². The summed E-state index contributed by atoms with van der Waals surface area (Å²) in [5, 5.41) is 2.76. The quantitative estimate of drug-likeness (QED) is 0.220. The number of hydrogen-bond acceptors (Lipinski definition) is 9. The van der Waals surface area contributed by atoms with Gasteiger partial charge in [-0.05, 0) is 24.6 Å². The molecule has 37 heavy (non-hydrogen) atoms. The monoisotopic (exact) mass is 543 g/mol. The highest BCUT2D eigenvalue weighted by Crippen LogP contribution is 2.34. The second-order valence-corrected chi connectivity index (χ2v) is 10.4. The molecule has 10 nitrogen and oxygen atoms in total. The van der Waals surface area contributed by atoms with E-state index in [9.17, 15) is 19.2 Å². The maximum Gasteiger partial charge on any atom is 0.308 e. The fraction of sp³-hybridized carbons (Fsp3) is 0.440. The summed E-state index contributed by atoms with van der Waals surface area (Å²) in [6.07, 6.45) is 6.92. The summed E-state index contributed by atoms with van der Waals surface area (Å²) in [5.74, 6) is -0.947. The number of carbonyl (C=O) groups is 3. The van der Waals surface area contributed by atoms with Gasteiger partial charge >= 0.3 is 5.97 Å². The maximum atomic E-state index is 13.7. The lowest BCUT2D eigenvalue weighted by Crippen LogP contribution is -2.57. The normalized spacial score (nSPS) is 19.1. The molecule has 0 saturated carbocycles. The number of ether oxygens (including phenoxy) is 1. The van der Waals surface area contributed by atoms with Crippen LogP contribution in [0.25, 0.3) is 11.7 Å². The number of rotatable bonds is 9. The molecule has 2 aliphatic rings. The smallest absolute Gasteiger partial charge is 0.308 e. The van der Waals surface area contributed by atoms with Gasteiger partial charge in [-0.25, -0.2) is 4.98 Å². The highest BCUT2D eigenvalue weighted by molar-refractivity contribution is 8.26. The number of hydrogen-bond donors (Lipinski definition) is 1. The lowest BCUT2D eigenvalue weighted by molar-refractivity contribution is -0.143. The zero-order valence-electron chi connectivity index (χ0n) is 20.8. The van der Waals surface area contributed by atoms with E-state index in [1.54, 1.807) is 34.2 Å². The average molecular weight is 544 g/mol. The third kappa shape index (κ3) is 5.69. The molecule has 1 N–H and O–H groups in total. The number of thiocarbonyl (C=S) groups is 1. The van der Waals surface area contributed by atoms with E-state index in [1.807, 2.05) is 0 Å². The first-order valence-electron chi connectivity index (χ1n) is 12.2. The Labute approximate surface area is 224 Å². The number of nitrogens with one attached hydrogen (secondary N) is 1. The van der Waals surface area contributed by atoms with Gasteiger partial charge in [0.25, 0.3) is 11.5 Å². The number of fused-ring (bicyclic) bond motifs is 1. The van der Waals surface area contributed by atoms with Gasteiger partial charge in [0.15, 0.2) is 0 Å². The zero-order valence-corrected chi connectivity index (χ0v) is 22.4. The first-order chi connectivity index (χ1) is 17.8. The number of aromatic nitrogens is 2. The third-order valence-electron chi connectivity index (χ3n) is 6.32. The lowest BCUT2D eigenvalue weighted by atomic mass is 10.1. The molecule has 1 unspecified atom stereocenters. The van der Waals surface area contributed by atoms with E-state index < -0.39 is 17.6 Å². The molecule has 2 aliphatic heterocycles. The van der Waals surface area contributed by atoms with Gasteiger partial charge in [0, 0.05) is 25.8 Å². The van der Waals surface area contributed by atoms with Crippen LogP contribution in [0, 0.1) is 0 Å². The highest BCUT2D eigenvalue weighted by Gasteiger charge is 2.36. The summed E-state index contributed by atoms with van der Waals surface area (Å²) < 4.78 is 6.63. The molecule has 0 bridgehead atoms. The average Bonchev–Trinajstić information content (AvgIpc) is 3.16. The van der Waals surface area contributed by atoms with Crippen LogP contribution < -0.4 is 15.8 Å². The minimum atomic E-state index is -0.917. The Balaban J connectivity index is 1.78. The van der Waals surface area contributed by atoms with Gasteiger partial charge in [0.2, 0.25) is 5.91 Å². The van der Waals surface area contributed by atoms with Crippen molar-refractivity contribution in [2.24, 2.45) is 0 Å². The molecule has 12 heteroatoms.